The molecule has 0 aliphatic rings. The molecule has 1 aromatic rings. The molecule has 1 atom stereocenters. The Balaban J connectivity index is 2.69. The average molecular weight is 239 g/mol. The van der Waals surface area contributed by atoms with E-state index in [1.54, 1.807) is 13.3 Å². The molecule has 1 unspecified atom stereocenters. The highest BCUT2D eigenvalue weighted by atomic mass is 16.5. The van der Waals surface area contributed by atoms with Crippen molar-refractivity contribution in [3.05, 3.63) is 11.9 Å². The van der Waals surface area contributed by atoms with Crippen LogP contribution in [0.25, 0.3) is 0 Å². The Morgan fingerprint density at radius 3 is 2.59 bits per heavy atom. The minimum atomic E-state index is 0.264. The number of hydrogen-bond acceptors (Lipinski definition) is 3. The molecule has 4 nitrogen and oxygen atoms in total. The highest BCUT2D eigenvalue weighted by Gasteiger charge is 2.23. The van der Waals surface area contributed by atoms with Crippen LogP contribution in [0.15, 0.2) is 6.20 Å². The summed E-state index contributed by atoms with van der Waals surface area (Å²) in [6, 6.07) is 0.488. The first-order chi connectivity index (χ1) is 7.90. The maximum atomic E-state index is 5.31. The predicted octanol–water partition coefficient (Wildman–Crippen LogP) is 2.00. The summed E-state index contributed by atoms with van der Waals surface area (Å²) in [6.45, 7) is 6.78. The van der Waals surface area contributed by atoms with Crippen molar-refractivity contribution in [1.29, 1.82) is 0 Å². The highest BCUT2D eigenvalue weighted by molar-refractivity contribution is 5.25. The SMILES string of the molecule is CNC(CCc1c(OC)cnn1C)C(C)(C)C. The second-order valence-electron chi connectivity index (χ2n) is 5.53. The van der Waals surface area contributed by atoms with Gasteiger partial charge < -0.3 is 10.1 Å². The monoisotopic (exact) mass is 239 g/mol. The molecule has 0 aliphatic carbocycles. The first-order valence-electron chi connectivity index (χ1n) is 6.12. The van der Waals surface area contributed by atoms with Crippen LogP contribution in [0.5, 0.6) is 5.75 Å². The van der Waals surface area contributed by atoms with E-state index in [9.17, 15) is 0 Å². The van der Waals surface area contributed by atoms with Crippen molar-refractivity contribution >= 4 is 0 Å². The Kier molecular flexibility index (Phi) is 4.57. The molecule has 17 heavy (non-hydrogen) atoms. The number of methoxy groups -OCH3 is 1. The summed E-state index contributed by atoms with van der Waals surface area (Å²) in [7, 11) is 5.68. The zero-order valence-corrected chi connectivity index (χ0v) is 11.9. The van der Waals surface area contributed by atoms with E-state index in [0.717, 1.165) is 24.3 Å². The van der Waals surface area contributed by atoms with Crippen LogP contribution in [0.4, 0.5) is 0 Å². The van der Waals surface area contributed by atoms with Gasteiger partial charge in [-0.05, 0) is 25.3 Å². The van der Waals surface area contributed by atoms with Crippen LogP contribution in [0.2, 0.25) is 0 Å². The van der Waals surface area contributed by atoms with Crippen LogP contribution in [-0.2, 0) is 13.5 Å². The van der Waals surface area contributed by atoms with Crippen molar-refractivity contribution in [1.82, 2.24) is 15.1 Å². The number of nitrogens with one attached hydrogen (secondary N) is 1. The van der Waals surface area contributed by atoms with Crippen LogP contribution < -0.4 is 10.1 Å². The molecule has 0 radical (unpaired) electrons. The molecule has 1 heterocycles. The fourth-order valence-electron chi connectivity index (χ4n) is 2.19. The Bertz CT molecular complexity index is 352. The Labute approximate surface area is 104 Å². The number of ether oxygens (including phenoxy) is 1. The lowest BCUT2D eigenvalue weighted by Crippen LogP contribution is -2.38. The first-order valence-corrected chi connectivity index (χ1v) is 6.12. The number of aryl methyl sites for hydroxylation is 1. The zero-order chi connectivity index (χ0) is 13.1. The molecule has 0 bridgehead atoms. The third kappa shape index (κ3) is 3.46. The van der Waals surface area contributed by atoms with E-state index in [0.29, 0.717) is 6.04 Å². The van der Waals surface area contributed by atoms with Crippen molar-refractivity contribution in [3.63, 3.8) is 0 Å². The summed E-state index contributed by atoms with van der Waals surface area (Å²) in [6.07, 6.45) is 3.83. The van der Waals surface area contributed by atoms with Gasteiger partial charge in [-0.3, -0.25) is 4.68 Å². The van der Waals surface area contributed by atoms with Gasteiger partial charge in [-0.1, -0.05) is 20.8 Å². The van der Waals surface area contributed by atoms with Gasteiger partial charge in [-0.25, -0.2) is 0 Å². The molecule has 0 fully saturated rings. The van der Waals surface area contributed by atoms with Crippen LogP contribution in [0.3, 0.4) is 0 Å². The van der Waals surface area contributed by atoms with Crippen molar-refractivity contribution in [2.24, 2.45) is 12.5 Å². The van der Waals surface area contributed by atoms with Gasteiger partial charge in [0.05, 0.1) is 19.0 Å². The van der Waals surface area contributed by atoms with E-state index in [-0.39, 0.29) is 5.41 Å². The van der Waals surface area contributed by atoms with Gasteiger partial charge in [0.1, 0.15) is 0 Å². The molecule has 1 rings (SSSR count). The minimum Gasteiger partial charge on any atom is -0.493 e. The minimum absolute atomic E-state index is 0.264. The average Bonchev–Trinajstić information content (AvgIpc) is 2.59. The molecule has 0 saturated carbocycles. The standard InChI is InChI=1S/C13H25N3O/c1-13(2,3)12(14-4)8-7-10-11(17-6)9-15-16(10)5/h9,12,14H,7-8H2,1-6H3. The molecule has 98 valence electrons. The number of rotatable bonds is 5. The van der Waals surface area contributed by atoms with Gasteiger partial charge in [-0.2, -0.15) is 5.10 Å². The molecule has 0 spiro atoms. The van der Waals surface area contributed by atoms with Crippen LogP contribution in [0, 0.1) is 5.41 Å². The van der Waals surface area contributed by atoms with E-state index in [4.69, 9.17) is 4.74 Å². The molecule has 1 N–H and O–H groups in total. The van der Waals surface area contributed by atoms with E-state index < -0.39 is 0 Å². The van der Waals surface area contributed by atoms with Gasteiger partial charge in [-0.15, -0.1) is 0 Å². The van der Waals surface area contributed by atoms with Crippen molar-refractivity contribution in [2.45, 2.75) is 39.7 Å². The lowest BCUT2D eigenvalue weighted by Gasteiger charge is -2.30. The molecular formula is C13H25N3O. The normalized spacial score (nSPS) is 13.8. The summed E-state index contributed by atoms with van der Waals surface area (Å²) < 4.78 is 7.21. The second kappa shape index (κ2) is 5.54. The first kappa shape index (κ1) is 14.0. The summed E-state index contributed by atoms with van der Waals surface area (Å²) in [4.78, 5) is 0. The third-order valence-electron chi connectivity index (χ3n) is 3.31. The molecule has 1 aromatic heterocycles. The third-order valence-corrected chi connectivity index (χ3v) is 3.31. The predicted molar refractivity (Wildman–Crippen MR) is 70.4 cm³/mol. The lowest BCUT2D eigenvalue weighted by molar-refractivity contribution is 0.266. The Morgan fingerprint density at radius 2 is 2.12 bits per heavy atom. The quantitative estimate of drug-likeness (QED) is 0.854. The fraction of sp³-hybridized carbons (Fsp3) is 0.769. The van der Waals surface area contributed by atoms with E-state index in [2.05, 4.69) is 31.2 Å². The van der Waals surface area contributed by atoms with Gasteiger partial charge in [0.15, 0.2) is 5.75 Å². The smallest absolute Gasteiger partial charge is 0.159 e. The zero-order valence-electron chi connectivity index (χ0n) is 11.9. The summed E-state index contributed by atoms with van der Waals surface area (Å²) in [5.41, 5.74) is 1.43. The van der Waals surface area contributed by atoms with Gasteiger partial charge >= 0.3 is 0 Å². The molecular weight excluding hydrogens is 214 g/mol. The largest absolute Gasteiger partial charge is 0.493 e. The number of hydrogen-bond donors (Lipinski definition) is 1. The lowest BCUT2D eigenvalue weighted by atomic mass is 9.84. The Morgan fingerprint density at radius 1 is 1.47 bits per heavy atom. The van der Waals surface area contributed by atoms with Gasteiger partial charge in [0.2, 0.25) is 0 Å². The van der Waals surface area contributed by atoms with Crippen molar-refractivity contribution in [2.75, 3.05) is 14.2 Å². The second-order valence-corrected chi connectivity index (χ2v) is 5.53. The van der Waals surface area contributed by atoms with E-state index in [1.165, 1.54) is 0 Å². The van der Waals surface area contributed by atoms with Crippen LogP contribution >= 0.6 is 0 Å². The van der Waals surface area contributed by atoms with Crippen molar-refractivity contribution in [3.8, 4) is 5.75 Å². The molecule has 0 aromatic carbocycles. The number of aromatic nitrogens is 2. The Hall–Kier alpha value is -1.03. The van der Waals surface area contributed by atoms with Crippen molar-refractivity contribution < 1.29 is 4.74 Å². The highest BCUT2D eigenvalue weighted by Crippen LogP contribution is 2.25. The van der Waals surface area contributed by atoms with Crippen LogP contribution in [-0.4, -0.2) is 30.0 Å². The molecule has 0 saturated heterocycles. The topological polar surface area (TPSA) is 39.1 Å². The summed E-state index contributed by atoms with van der Waals surface area (Å²) >= 11 is 0. The number of nitrogens with zero attached hydrogens (tertiary/aromatic N) is 2. The van der Waals surface area contributed by atoms with E-state index >= 15 is 0 Å². The van der Waals surface area contributed by atoms with E-state index in [1.807, 2.05) is 18.8 Å². The van der Waals surface area contributed by atoms with Gasteiger partial charge in [0.25, 0.3) is 0 Å². The van der Waals surface area contributed by atoms with Gasteiger partial charge in [0, 0.05) is 13.1 Å². The maximum Gasteiger partial charge on any atom is 0.159 e. The summed E-state index contributed by atoms with van der Waals surface area (Å²) in [5, 5.41) is 7.62. The molecule has 4 heteroatoms. The molecule has 0 amide bonds. The fourth-order valence-corrected chi connectivity index (χ4v) is 2.19. The molecule has 0 aliphatic heterocycles. The maximum absolute atomic E-state index is 5.31. The summed E-state index contributed by atoms with van der Waals surface area (Å²) in [5.74, 6) is 0.885. The van der Waals surface area contributed by atoms with Crippen LogP contribution in [0.1, 0.15) is 32.9 Å².